The van der Waals surface area contributed by atoms with E-state index in [0.29, 0.717) is 49.6 Å². The topological polar surface area (TPSA) is 122 Å². The Morgan fingerprint density at radius 1 is 1.43 bits per heavy atom. The van der Waals surface area contributed by atoms with Crippen molar-refractivity contribution >= 4 is 17.6 Å². The highest BCUT2D eigenvalue weighted by Gasteiger charge is 2.28. The Morgan fingerprint density at radius 2 is 2.23 bits per heavy atom. The largest absolute Gasteiger partial charge is 0.497 e. The summed E-state index contributed by atoms with van der Waals surface area (Å²) in [7, 11) is 3.27. The number of fused-ring (bicyclic) bond motifs is 2. The van der Waals surface area contributed by atoms with E-state index in [9.17, 15) is 14.7 Å². The summed E-state index contributed by atoms with van der Waals surface area (Å²) in [6.07, 6.45) is 2.41. The molecule has 1 aliphatic heterocycles. The Kier molecular flexibility index (Phi) is 9.44. The number of nitrogens with zero attached hydrogens (tertiary/aromatic N) is 5. The Hall–Kier alpha value is -3.18. The van der Waals surface area contributed by atoms with Gasteiger partial charge < -0.3 is 29.7 Å². The van der Waals surface area contributed by atoms with E-state index in [1.807, 2.05) is 20.0 Å². The lowest BCUT2D eigenvalue weighted by molar-refractivity contribution is -0.136. The molecule has 0 spiro atoms. The van der Waals surface area contributed by atoms with E-state index in [4.69, 9.17) is 9.47 Å². The minimum absolute atomic E-state index is 0.0270. The summed E-state index contributed by atoms with van der Waals surface area (Å²) in [5.74, 6) is 0.505. The van der Waals surface area contributed by atoms with Gasteiger partial charge in [-0.3, -0.25) is 9.48 Å². The van der Waals surface area contributed by atoms with Gasteiger partial charge in [0.15, 0.2) is 0 Å². The highest BCUT2D eigenvalue weighted by atomic mass is 16.5. The molecular formula is C24H36N6O5. The van der Waals surface area contributed by atoms with Gasteiger partial charge in [-0.15, -0.1) is 5.10 Å². The van der Waals surface area contributed by atoms with Gasteiger partial charge in [0.25, 0.3) is 0 Å². The Bertz CT molecular complexity index is 983. The van der Waals surface area contributed by atoms with Crippen molar-refractivity contribution in [3.63, 3.8) is 0 Å². The summed E-state index contributed by atoms with van der Waals surface area (Å²) < 4.78 is 13.1. The fraction of sp³-hybridized carbons (Fsp3) is 0.583. The van der Waals surface area contributed by atoms with Crippen molar-refractivity contribution in [2.75, 3.05) is 39.2 Å². The summed E-state index contributed by atoms with van der Waals surface area (Å²) in [4.78, 5) is 29.1. The summed E-state index contributed by atoms with van der Waals surface area (Å²) >= 11 is 0. The SMILES string of the molecule is COc1cccc(NC(=O)N(C)C[C@H]2OCc3cn(nn3)CCCC(=O)N([C@H](C)CO)C[C@H]2C)c1. The van der Waals surface area contributed by atoms with Crippen molar-refractivity contribution in [1.29, 1.82) is 0 Å². The molecule has 2 aromatic rings. The third kappa shape index (κ3) is 7.40. The Morgan fingerprint density at radius 3 is 2.97 bits per heavy atom. The monoisotopic (exact) mass is 488 g/mol. The summed E-state index contributed by atoms with van der Waals surface area (Å²) in [5, 5.41) is 20.9. The van der Waals surface area contributed by atoms with E-state index >= 15 is 0 Å². The number of carbonyl (C=O) groups excluding carboxylic acids is 2. The van der Waals surface area contributed by atoms with E-state index in [1.54, 1.807) is 52.9 Å². The standard InChI is InChI=1S/C24H36N6O5/c1-17-12-30(18(2)15-31)23(32)9-6-10-29-13-20(26-27-29)16-35-22(17)14-28(3)24(33)25-19-7-5-8-21(11-19)34-4/h5,7-8,11,13,17-18,22,31H,6,9-10,12,14-16H2,1-4H3,(H,25,33)/t17-,18-,22-/m1/s1. The number of methoxy groups -OCH3 is 1. The molecule has 1 aromatic carbocycles. The quantitative estimate of drug-likeness (QED) is 0.637. The van der Waals surface area contributed by atoms with Crippen molar-refractivity contribution in [1.82, 2.24) is 24.8 Å². The lowest BCUT2D eigenvalue weighted by Gasteiger charge is -2.35. The van der Waals surface area contributed by atoms with E-state index in [1.165, 1.54) is 0 Å². The van der Waals surface area contributed by atoms with Crippen LogP contribution in [0.2, 0.25) is 0 Å². The Balaban J connectivity index is 1.75. The van der Waals surface area contributed by atoms with Crippen LogP contribution < -0.4 is 10.1 Å². The second-order valence-corrected chi connectivity index (χ2v) is 9.02. The number of amides is 3. The van der Waals surface area contributed by atoms with Crippen LogP contribution in [0.15, 0.2) is 30.5 Å². The molecule has 0 radical (unpaired) electrons. The molecule has 0 saturated heterocycles. The third-order valence-electron chi connectivity index (χ3n) is 6.17. The summed E-state index contributed by atoms with van der Waals surface area (Å²) in [5.41, 5.74) is 1.31. The molecule has 1 aliphatic rings. The predicted octanol–water partition coefficient (Wildman–Crippen LogP) is 1.98. The molecule has 0 fully saturated rings. The molecule has 3 amide bonds. The van der Waals surface area contributed by atoms with Gasteiger partial charge in [-0.05, 0) is 25.5 Å². The summed E-state index contributed by atoms with van der Waals surface area (Å²) in [6, 6.07) is 6.53. The van der Waals surface area contributed by atoms with Crippen LogP contribution in [0.1, 0.15) is 32.4 Å². The van der Waals surface area contributed by atoms with Gasteiger partial charge in [0, 0.05) is 50.8 Å². The maximum absolute atomic E-state index is 13.0. The molecule has 192 valence electrons. The van der Waals surface area contributed by atoms with Crippen LogP contribution in [0.4, 0.5) is 10.5 Å². The van der Waals surface area contributed by atoms with Gasteiger partial charge in [0.1, 0.15) is 11.4 Å². The predicted molar refractivity (Wildman–Crippen MR) is 130 cm³/mol. The molecule has 3 atom stereocenters. The smallest absolute Gasteiger partial charge is 0.321 e. The molecule has 0 unspecified atom stereocenters. The molecule has 11 nitrogen and oxygen atoms in total. The number of aliphatic hydroxyl groups is 1. The average molecular weight is 489 g/mol. The number of likely N-dealkylation sites (N-methyl/N-ethyl adjacent to an activating group) is 1. The molecule has 2 heterocycles. The van der Waals surface area contributed by atoms with Crippen LogP contribution in [0.25, 0.3) is 0 Å². The average Bonchev–Trinajstić information content (AvgIpc) is 3.31. The van der Waals surface area contributed by atoms with Crippen molar-refractivity contribution in [2.45, 2.75) is 52.0 Å². The van der Waals surface area contributed by atoms with Gasteiger partial charge in [0.2, 0.25) is 5.91 Å². The van der Waals surface area contributed by atoms with Crippen LogP contribution in [-0.2, 0) is 22.7 Å². The Labute approximate surface area is 206 Å². The molecule has 0 aliphatic carbocycles. The normalized spacial score (nSPS) is 20.3. The summed E-state index contributed by atoms with van der Waals surface area (Å²) in [6.45, 7) is 5.20. The van der Waals surface area contributed by atoms with Crippen LogP contribution in [0.5, 0.6) is 5.75 Å². The maximum Gasteiger partial charge on any atom is 0.321 e. The fourth-order valence-corrected chi connectivity index (χ4v) is 3.97. The second-order valence-electron chi connectivity index (χ2n) is 9.02. The number of rotatable bonds is 6. The first-order valence-electron chi connectivity index (χ1n) is 11.9. The minimum atomic E-state index is -0.386. The molecule has 11 heteroatoms. The van der Waals surface area contributed by atoms with Gasteiger partial charge in [-0.1, -0.05) is 18.2 Å². The number of anilines is 1. The highest BCUT2D eigenvalue weighted by Crippen LogP contribution is 2.19. The van der Waals surface area contributed by atoms with Gasteiger partial charge in [0.05, 0.1) is 38.7 Å². The van der Waals surface area contributed by atoms with Crippen LogP contribution >= 0.6 is 0 Å². The molecular weight excluding hydrogens is 452 g/mol. The van der Waals surface area contributed by atoms with Crippen molar-refractivity contribution < 1.29 is 24.2 Å². The number of aryl methyl sites for hydroxylation is 1. The number of nitrogens with one attached hydrogen (secondary N) is 1. The minimum Gasteiger partial charge on any atom is -0.497 e. The zero-order valence-electron chi connectivity index (χ0n) is 20.9. The third-order valence-corrected chi connectivity index (χ3v) is 6.17. The van der Waals surface area contributed by atoms with Crippen LogP contribution in [0, 0.1) is 5.92 Å². The van der Waals surface area contributed by atoms with E-state index < -0.39 is 0 Å². The zero-order valence-corrected chi connectivity index (χ0v) is 20.9. The molecule has 1 aromatic heterocycles. The van der Waals surface area contributed by atoms with E-state index in [-0.39, 0.29) is 43.2 Å². The fourth-order valence-electron chi connectivity index (χ4n) is 3.97. The first-order chi connectivity index (χ1) is 16.8. The van der Waals surface area contributed by atoms with E-state index in [2.05, 4.69) is 15.6 Å². The number of ether oxygens (including phenoxy) is 2. The molecule has 2 bridgehead atoms. The van der Waals surface area contributed by atoms with Gasteiger partial charge in [-0.25, -0.2) is 4.79 Å². The highest BCUT2D eigenvalue weighted by molar-refractivity contribution is 5.89. The zero-order chi connectivity index (χ0) is 25.4. The van der Waals surface area contributed by atoms with Crippen molar-refractivity contribution in [3.05, 3.63) is 36.2 Å². The van der Waals surface area contributed by atoms with Crippen molar-refractivity contribution in [2.24, 2.45) is 5.92 Å². The number of aliphatic hydroxyl groups excluding tert-OH is 1. The second kappa shape index (κ2) is 12.5. The lowest BCUT2D eigenvalue weighted by atomic mass is 10.0. The first-order valence-corrected chi connectivity index (χ1v) is 11.9. The number of benzene rings is 1. The van der Waals surface area contributed by atoms with Crippen molar-refractivity contribution in [3.8, 4) is 5.75 Å². The number of carbonyl (C=O) groups is 2. The maximum atomic E-state index is 13.0. The lowest BCUT2D eigenvalue weighted by Crippen LogP contribution is -2.48. The molecule has 0 saturated carbocycles. The molecule has 3 rings (SSSR count). The molecule has 2 N–H and O–H groups in total. The van der Waals surface area contributed by atoms with Gasteiger partial charge in [-0.2, -0.15) is 0 Å². The van der Waals surface area contributed by atoms with Gasteiger partial charge >= 0.3 is 6.03 Å². The molecule has 35 heavy (non-hydrogen) atoms. The number of hydrogen-bond acceptors (Lipinski definition) is 7. The number of hydrogen-bond donors (Lipinski definition) is 2. The number of urea groups is 1. The van der Waals surface area contributed by atoms with E-state index in [0.717, 1.165) is 0 Å². The van der Waals surface area contributed by atoms with Crippen LogP contribution in [0.3, 0.4) is 0 Å². The van der Waals surface area contributed by atoms with Crippen LogP contribution in [-0.4, -0.2) is 87.8 Å². The number of aromatic nitrogens is 3. The first kappa shape index (κ1) is 26.4.